The first-order valence-corrected chi connectivity index (χ1v) is 7.13. The van der Waals surface area contributed by atoms with Gasteiger partial charge in [-0.3, -0.25) is 4.79 Å². The summed E-state index contributed by atoms with van der Waals surface area (Å²) in [6.45, 7) is 4.48. The van der Waals surface area contributed by atoms with Gasteiger partial charge in [-0.05, 0) is 48.1 Å². The molecule has 0 bridgehead atoms. The Bertz CT molecular complexity index is 590. The van der Waals surface area contributed by atoms with Crippen molar-refractivity contribution >= 4 is 17.2 Å². The second-order valence-corrected chi connectivity index (χ2v) is 5.43. The van der Waals surface area contributed by atoms with Crippen molar-refractivity contribution in [1.29, 1.82) is 0 Å². The van der Waals surface area contributed by atoms with Crippen LogP contribution >= 0.6 is 11.3 Å². The Morgan fingerprint density at radius 1 is 1.37 bits per heavy atom. The first-order valence-electron chi connectivity index (χ1n) is 6.25. The van der Waals surface area contributed by atoms with Gasteiger partial charge in [-0.2, -0.15) is 0 Å². The molecule has 1 amide bonds. The van der Waals surface area contributed by atoms with Gasteiger partial charge in [0.15, 0.2) is 0 Å². The number of benzene rings is 1. The Hall–Kier alpha value is -1.81. The minimum atomic E-state index is -0.243. The molecule has 0 spiro atoms. The number of aryl methyl sites for hydroxylation is 2. The first kappa shape index (κ1) is 13.6. The van der Waals surface area contributed by atoms with Gasteiger partial charge < -0.3 is 10.4 Å². The molecule has 1 heterocycles. The third-order valence-corrected chi connectivity index (χ3v) is 3.99. The van der Waals surface area contributed by atoms with Crippen LogP contribution < -0.4 is 5.32 Å². The molecule has 0 saturated carbocycles. The van der Waals surface area contributed by atoms with Gasteiger partial charge in [-0.1, -0.05) is 13.0 Å². The Morgan fingerprint density at radius 2 is 2.16 bits per heavy atom. The fraction of sp³-hybridized carbons (Fsp3) is 0.267. The number of carbonyl (C=O) groups is 1. The number of phenolic OH excluding ortho intramolecular Hbond substituents is 1. The standard InChI is InChI=1S/C15H17NO2S/c1-3-11-6-7-19-14(11)9-16-15(18)12-5-4-10(2)8-13(12)17/h4-8,17H,3,9H2,1-2H3,(H,16,18). The number of thiophene rings is 1. The lowest BCUT2D eigenvalue weighted by molar-refractivity contribution is 0.0948. The average molecular weight is 275 g/mol. The highest BCUT2D eigenvalue weighted by Gasteiger charge is 2.11. The fourth-order valence-electron chi connectivity index (χ4n) is 1.93. The van der Waals surface area contributed by atoms with E-state index >= 15 is 0 Å². The number of carbonyl (C=O) groups excluding carboxylic acids is 1. The summed E-state index contributed by atoms with van der Waals surface area (Å²) >= 11 is 1.64. The molecule has 0 aliphatic carbocycles. The minimum absolute atomic E-state index is 0.0272. The van der Waals surface area contributed by atoms with Crippen molar-refractivity contribution in [3.8, 4) is 5.75 Å². The van der Waals surface area contributed by atoms with Gasteiger partial charge in [-0.25, -0.2) is 0 Å². The maximum Gasteiger partial charge on any atom is 0.255 e. The fourth-order valence-corrected chi connectivity index (χ4v) is 2.84. The molecule has 100 valence electrons. The van der Waals surface area contributed by atoms with Gasteiger partial charge in [0.05, 0.1) is 12.1 Å². The van der Waals surface area contributed by atoms with Crippen LogP contribution in [0.4, 0.5) is 0 Å². The smallest absolute Gasteiger partial charge is 0.255 e. The van der Waals surface area contributed by atoms with Crippen molar-refractivity contribution in [1.82, 2.24) is 5.32 Å². The summed E-state index contributed by atoms with van der Waals surface area (Å²) in [4.78, 5) is 13.2. The van der Waals surface area contributed by atoms with Crippen molar-refractivity contribution in [2.75, 3.05) is 0 Å². The Morgan fingerprint density at radius 3 is 2.84 bits per heavy atom. The third-order valence-electron chi connectivity index (χ3n) is 3.03. The van der Waals surface area contributed by atoms with E-state index in [0.29, 0.717) is 12.1 Å². The molecule has 0 aliphatic rings. The summed E-state index contributed by atoms with van der Waals surface area (Å²) in [5.74, 6) is -0.215. The molecule has 2 aromatic rings. The zero-order valence-corrected chi connectivity index (χ0v) is 11.9. The van der Waals surface area contributed by atoms with Gasteiger partial charge in [0.25, 0.3) is 5.91 Å². The van der Waals surface area contributed by atoms with E-state index in [0.717, 1.165) is 12.0 Å². The molecule has 4 heteroatoms. The lowest BCUT2D eigenvalue weighted by atomic mass is 10.1. The molecule has 19 heavy (non-hydrogen) atoms. The van der Waals surface area contributed by atoms with Crippen LogP contribution in [0.5, 0.6) is 5.75 Å². The largest absolute Gasteiger partial charge is 0.507 e. The molecule has 1 aromatic heterocycles. The quantitative estimate of drug-likeness (QED) is 0.900. The maximum absolute atomic E-state index is 12.0. The van der Waals surface area contributed by atoms with Gasteiger partial charge in [0.2, 0.25) is 0 Å². The maximum atomic E-state index is 12.0. The van der Waals surface area contributed by atoms with Gasteiger partial charge >= 0.3 is 0 Å². The Labute approximate surface area is 116 Å². The van der Waals surface area contributed by atoms with E-state index in [9.17, 15) is 9.90 Å². The van der Waals surface area contributed by atoms with Crippen molar-refractivity contribution in [3.63, 3.8) is 0 Å². The van der Waals surface area contributed by atoms with Crippen molar-refractivity contribution in [2.24, 2.45) is 0 Å². The number of rotatable bonds is 4. The van der Waals surface area contributed by atoms with Crippen LogP contribution in [0.15, 0.2) is 29.6 Å². The predicted molar refractivity (Wildman–Crippen MR) is 77.7 cm³/mol. The van der Waals surface area contributed by atoms with E-state index < -0.39 is 0 Å². The first-order chi connectivity index (χ1) is 9.11. The second kappa shape index (κ2) is 5.89. The Balaban J connectivity index is 2.05. The summed E-state index contributed by atoms with van der Waals surface area (Å²) in [6.07, 6.45) is 0.963. The number of aromatic hydroxyl groups is 1. The highest BCUT2D eigenvalue weighted by Crippen LogP contribution is 2.20. The lowest BCUT2D eigenvalue weighted by Crippen LogP contribution is -2.22. The lowest BCUT2D eigenvalue weighted by Gasteiger charge is -2.07. The van der Waals surface area contributed by atoms with E-state index in [1.165, 1.54) is 10.4 Å². The molecule has 0 radical (unpaired) electrons. The number of hydrogen-bond donors (Lipinski definition) is 2. The molecule has 0 saturated heterocycles. The number of hydrogen-bond acceptors (Lipinski definition) is 3. The van der Waals surface area contributed by atoms with E-state index in [2.05, 4.69) is 18.3 Å². The highest BCUT2D eigenvalue weighted by atomic mass is 32.1. The van der Waals surface area contributed by atoms with E-state index in [1.54, 1.807) is 23.5 Å². The zero-order valence-electron chi connectivity index (χ0n) is 11.1. The number of amides is 1. The molecule has 0 atom stereocenters. The Kier molecular flexibility index (Phi) is 4.22. The zero-order chi connectivity index (χ0) is 13.8. The SMILES string of the molecule is CCc1ccsc1CNC(=O)c1ccc(C)cc1O. The van der Waals surface area contributed by atoms with E-state index in [4.69, 9.17) is 0 Å². The van der Waals surface area contributed by atoms with Crippen LogP contribution in [0, 0.1) is 6.92 Å². The van der Waals surface area contributed by atoms with E-state index in [1.807, 2.05) is 18.4 Å². The second-order valence-electron chi connectivity index (χ2n) is 4.43. The summed E-state index contributed by atoms with van der Waals surface area (Å²) in [7, 11) is 0. The van der Waals surface area contributed by atoms with Crippen LogP contribution in [-0.4, -0.2) is 11.0 Å². The van der Waals surface area contributed by atoms with Gasteiger partial charge in [-0.15, -0.1) is 11.3 Å². The molecule has 3 nitrogen and oxygen atoms in total. The molecular weight excluding hydrogens is 258 g/mol. The van der Waals surface area contributed by atoms with Gasteiger partial charge in [0, 0.05) is 4.88 Å². The average Bonchev–Trinajstić information content (AvgIpc) is 2.83. The molecule has 0 unspecified atom stereocenters. The summed E-state index contributed by atoms with van der Waals surface area (Å²) < 4.78 is 0. The molecule has 1 aromatic carbocycles. The van der Waals surface area contributed by atoms with Crippen LogP contribution in [-0.2, 0) is 13.0 Å². The topological polar surface area (TPSA) is 49.3 Å². The van der Waals surface area contributed by atoms with Crippen molar-refractivity contribution < 1.29 is 9.90 Å². The summed E-state index contributed by atoms with van der Waals surface area (Å²) in [5, 5.41) is 14.6. The normalized spacial score (nSPS) is 10.4. The number of nitrogens with one attached hydrogen (secondary N) is 1. The van der Waals surface area contributed by atoms with Gasteiger partial charge in [0.1, 0.15) is 5.75 Å². The van der Waals surface area contributed by atoms with Crippen molar-refractivity contribution in [2.45, 2.75) is 26.8 Å². The highest BCUT2D eigenvalue weighted by molar-refractivity contribution is 7.10. The molecular formula is C15H17NO2S. The summed E-state index contributed by atoms with van der Waals surface area (Å²) in [6, 6.07) is 7.14. The molecule has 2 rings (SSSR count). The van der Waals surface area contributed by atoms with E-state index in [-0.39, 0.29) is 11.7 Å². The molecule has 0 fully saturated rings. The monoisotopic (exact) mass is 275 g/mol. The molecule has 0 aliphatic heterocycles. The third kappa shape index (κ3) is 3.15. The molecule has 2 N–H and O–H groups in total. The van der Waals surface area contributed by atoms with Crippen LogP contribution in [0.1, 0.15) is 33.3 Å². The predicted octanol–water partition coefficient (Wildman–Crippen LogP) is 3.25. The van der Waals surface area contributed by atoms with Crippen molar-refractivity contribution in [3.05, 3.63) is 51.2 Å². The minimum Gasteiger partial charge on any atom is -0.507 e. The van der Waals surface area contributed by atoms with Crippen LogP contribution in [0.2, 0.25) is 0 Å². The summed E-state index contributed by atoms with van der Waals surface area (Å²) in [5.41, 5.74) is 2.51. The van der Waals surface area contributed by atoms with Crippen LogP contribution in [0.25, 0.3) is 0 Å². The van der Waals surface area contributed by atoms with Crippen LogP contribution in [0.3, 0.4) is 0 Å². The number of phenols is 1.